The van der Waals surface area contributed by atoms with Gasteiger partial charge in [-0.25, -0.2) is 0 Å². The van der Waals surface area contributed by atoms with E-state index in [2.05, 4.69) is 236 Å². The first-order valence-corrected chi connectivity index (χ1v) is 39.5. The fourth-order valence-electron chi connectivity index (χ4n) is 10.9. The summed E-state index contributed by atoms with van der Waals surface area (Å²) < 4.78 is 0. The van der Waals surface area contributed by atoms with Gasteiger partial charge in [0, 0.05) is 0 Å². The molecule has 89 heavy (non-hydrogen) atoms. The zero-order chi connectivity index (χ0) is 67.4. The van der Waals surface area contributed by atoms with Crippen LogP contribution in [0.1, 0.15) is 427 Å². The first-order valence-electron chi connectivity index (χ1n) is 39.5. The van der Waals surface area contributed by atoms with Gasteiger partial charge in [0.2, 0.25) is 0 Å². The van der Waals surface area contributed by atoms with Gasteiger partial charge in [-0.15, -0.1) is 0 Å². The highest BCUT2D eigenvalue weighted by Crippen LogP contribution is 2.28. The average Bonchev–Trinajstić information content (AvgIpc) is 3.50. The Morgan fingerprint density at radius 3 is 0.719 bits per heavy atom. The van der Waals surface area contributed by atoms with Crippen LogP contribution in [-0.4, -0.2) is 0 Å². The van der Waals surface area contributed by atoms with E-state index < -0.39 is 0 Å². The minimum absolute atomic E-state index is 0.497. The van der Waals surface area contributed by atoms with Crippen LogP contribution >= 0.6 is 0 Å². The maximum atomic E-state index is 2.48. The summed E-state index contributed by atoms with van der Waals surface area (Å²) in [5, 5.41) is 0. The summed E-state index contributed by atoms with van der Waals surface area (Å²) in [4.78, 5) is 0. The third kappa shape index (κ3) is 99.7. The van der Waals surface area contributed by atoms with Crippen LogP contribution in [0.3, 0.4) is 0 Å². The lowest BCUT2D eigenvalue weighted by Gasteiger charge is -2.21. The van der Waals surface area contributed by atoms with Gasteiger partial charge in [0.1, 0.15) is 0 Å². The van der Waals surface area contributed by atoms with Crippen LogP contribution in [0.2, 0.25) is 0 Å². The molecule has 526 valence electrons. The molecule has 0 bridgehead atoms. The molecule has 3 atom stereocenters. The number of hydrogen-bond donors (Lipinski definition) is 0. The minimum Gasteiger partial charge on any atom is -0.0885 e. The van der Waals surface area contributed by atoms with Gasteiger partial charge in [-0.3, -0.25) is 0 Å². The van der Waals surface area contributed by atoms with E-state index in [-0.39, 0.29) is 0 Å². The summed E-state index contributed by atoms with van der Waals surface area (Å²) in [6.07, 6.45) is 97.2. The molecule has 0 saturated carbocycles. The molecule has 0 heteroatoms. The second kappa shape index (κ2) is 68.8. The second-order valence-electron chi connectivity index (χ2n) is 33.2. The van der Waals surface area contributed by atoms with Gasteiger partial charge in [-0.05, 0) is 174 Å². The van der Waals surface area contributed by atoms with E-state index in [1.165, 1.54) is 250 Å². The molecule has 0 fully saturated rings. The van der Waals surface area contributed by atoms with Crippen LogP contribution in [0, 0.1) is 45.3 Å². The maximum absolute atomic E-state index is 2.48. The Labute approximate surface area is 566 Å². The molecular weight excluding hydrogens is 1070 g/mol. The molecule has 0 aromatic heterocycles. The predicted molar refractivity (Wildman–Crippen MR) is 418 cm³/mol. The van der Waals surface area contributed by atoms with E-state index in [1.54, 1.807) is 0 Å². The Bertz CT molecular complexity index is 1600. The third-order valence-electron chi connectivity index (χ3n) is 17.2. The molecule has 0 saturated heterocycles. The average molecular weight is 1240 g/mol. The number of unbranched alkanes of at least 4 members (excludes halogenated alkanes) is 20. The van der Waals surface area contributed by atoms with Crippen molar-refractivity contribution in [3.63, 3.8) is 0 Å². The standard InChI is InChI=1S/C24H50.C22H42.C22H40.C21H38/c1-20(2)12-9-13-21(3)14-10-15-22(4)16-11-17-23(5)18-19-24(6,7)8;2*1-5-6-7-8-9-10-11-12-13-14-15-16-17-18-19-20-21-22(2,3)4;1-5-6-7-8-9-10-11-12-13-14-15-16-17-18-19-20-21(2,3)4/h20-23H,9-19H2,1-8H3;9-10,12-13H,5-8,11,14-21H2,1-4H3;6-7,9-10,12-13H,5,8,11,14-21H2,1-4H3;9-10,12-13,15-16H,5-8,11,14,17-20H2,1-4H3/b;10-9-,13-12-;7-6-,10-9-,13-12-;10-9-,13-12-,16-15-. The fraction of sp³-hybridized carbons (Fsp3) is 0.820. The molecule has 0 aromatic carbocycles. The molecule has 0 aliphatic rings. The van der Waals surface area contributed by atoms with Gasteiger partial charge < -0.3 is 0 Å². The van der Waals surface area contributed by atoms with Gasteiger partial charge in [0.05, 0.1) is 0 Å². The lowest BCUT2D eigenvalue weighted by molar-refractivity contribution is 0.313. The molecule has 0 radical (unpaired) electrons. The highest BCUT2D eigenvalue weighted by molar-refractivity contribution is 4.98. The topological polar surface area (TPSA) is 0 Å². The highest BCUT2D eigenvalue weighted by atomic mass is 14.2. The summed E-state index contributed by atoms with van der Waals surface area (Å²) in [7, 11) is 0. The fourth-order valence-corrected chi connectivity index (χ4v) is 10.9. The highest BCUT2D eigenvalue weighted by Gasteiger charge is 2.14. The van der Waals surface area contributed by atoms with Crippen molar-refractivity contribution in [1.82, 2.24) is 0 Å². The monoisotopic (exact) mass is 1240 g/mol. The largest absolute Gasteiger partial charge is 0.0885 e. The van der Waals surface area contributed by atoms with Gasteiger partial charge in [-0.1, -0.05) is 396 Å². The Kier molecular flexibility index (Phi) is 72.1. The minimum atomic E-state index is 0.497. The predicted octanol–water partition coefficient (Wildman–Crippen LogP) is 32.8. The summed E-state index contributed by atoms with van der Waals surface area (Å²) in [5.41, 5.74) is 2.05. The molecule has 0 heterocycles. The zero-order valence-electron chi connectivity index (χ0n) is 65.4. The van der Waals surface area contributed by atoms with Gasteiger partial charge in [0.15, 0.2) is 0 Å². The molecule has 0 amide bonds. The Hall–Kier alpha value is -2.08. The Balaban J connectivity index is -0.000000542. The second-order valence-corrected chi connectivity index (χ2v) is 33.2. The number of hydrogen-bond acceptors (Lipinski definition) is 0. The third-order valence-corrected chi connectivity index (χ3v) is 17.2. The van der Waals surface area contributed by atoms with Crippen molar-refractivity contribution < 1.29 is 0 Å². The van der Waals surface area contributed by atoms with E-state index >= 15 is 0 Å². The molecule has 0 N–H and O–H groups in total. The summed E-state index contributed by atoms with van der Waals surface area (Å²) >= 11 is 0. The number of rotatable bonds is 53. The van der Waals surface area contributed by atoms with Crippen LogP contribution in [0.4, 0.5) is 0 Å². The molecule has 0 aromatic rings. The van der Waals surface area contributed by atoms with Crippen molar-refractivity contribution in [3.8, 4) is 0 Å². The van der Waals surface area contributed by atoms with Crippen LogP contribution in [0.5, 0.6) is 0 Å². The maximum Gasteiger partial charge on any atom is -0.0169 e. The van der Waals surface area contributed by atoms with E-state index in [0.717, 1.165) is 62.2 Å². The van der Waals surface area contributed by atoms with E-state index in [1.807, 2.05) is 0 Å². The molecule has 0 aliphatic heterocycles. The Morgan fingerprint density at radius 2 is 0.438 bits per heavy atom. The molecule has 0 rings (SSSR count). The Morgan fingerprint density at radius 1 is 0.213 bits per heavy atom. The van der Waals surface area contributed by atoms with Gasteiger partial charge in [-0.2, -0.15) is 0 Å². The van der Waals surface area contributed by atoms with Crippen LogP contribution < -0.4 is 0 Å². The van der Waals surface area contributed by atoms with Crippen molar-refractivity contribution >= 4 is 0 Å². The van der Waals surface area contributed by atoms with Crippen molar-refractivity contribution in [3.05, 3.63) is 97.2 Å². The lowest BCUT2D eigenvalue weighted by Crippen LogP contribution is -2.08. The first kappa shape index (κ1) is 93.3. The quantitative estimate of drug-likeness (QED) is 0.0421. The molecule has 0 spiro atoms. The SMILES string of the molecule is CC(C)CCCC(C)CCCC(C)CCCC(C)CCC(C)(C)C.CC/C=C\C/C=C\C/C=C\CCCCCCCCC(C)(C)C.CCCCC/C=C\C/C=C\C/C=C\CCCCC(C)(C)C.CCCCC/C=C\C/C=C\CCCCCCCCC(C)(C)C. The van der Waals surface area contributed by atoms with Crippen molar-refractivity contribution in [2.75, 3.05) is 0 Å². The van der Waals surface area contributed by atoms with Crippen molar-refractivity contribution in [1.29, 1.82) is 0 Å². The van der Waals surface area contributed by atoms with Gasteiger partial charge in [0.25, 0.3) is 0 Å². The van der Waals surface area contributed by atoms with Crippen LogP contribution in [-0.2, 0) is 0 Å². The van der Waals surface area contributed by atoms with Crippen molar-refractivity contribution in [2.45, 2.75) is 427 Å². The van der Waals surface area contributed by atoms with E-state index in [9.17, 15) is 0 Å². The zero-order valence-corrected chi connectivity index (χ0v) is 65.4. The van der Waals surface area contributed by atoms with E-state index in [0.29, 0.717) is 21.7 Å². The summed E-state index contributed by atoms with van der Waals surface area (Å²) in [5.74, 6) is 3.66. The molecular formula is C89H170. The normalized spacial score (nSPS) is 13.9. The molecule has 0 nitrogen and oxygen atoms in total. The van der Waals surface area contributed by atoms with Gasteiger partial charge >= 0.3 is 0 Å². The molecule has 3 unspecified atom stereocenters. The summed E-state index contributed by atoms with van der Waals surface area (Å²) in [6, 6.07) is 0. The molecule has 0 aliphatic carbocycles. The van der Waals surface area contributed by atoms with E-state index in [4.69, 9.17) is 0 Å². The number of allylic oxidation sites excluding steroid dienone is 16. The van der Waals surface area contributed by atoms with Crippen LogP contribution in [0.25, 0.3) is 0 Å². The first-order chi connectivity index (χ1) is 42.3. The van der Waals surface area contributed by atoms with Crippen LogP contribution in [0.15, 0.2) is 97.2 Å². The van der Waals surface area contributed by atoms with Crippen molar-refractivity contribution in [2.24, 2.45) is 45.3 Å². The smallest absolute Gasteiger partial charge is 0.0169 e. The lowest BCUT2D eigenvalue weighted by atomic mass is 9.85. The summed E-state index contributed by atoms with van der Waals surface area (Å²) in [6.45, 7) is 46.9.